The van der Waals surface area contributed by atoms with Gasteiger partial charge in [-0.25, -0.2) is 9.98 Å². The molecule has 1 heterocycles. The van der Waals surface area contributed by atoms with Crippen molar-refractivity contribution in [3.63, 3.8) is 0 Å². The Morgan fingerprint density at radius 3 is 2.45 bits per heavy atom. The number of aromatic nitrogens is 1. The molecule has 0 aliphatic carbocycles. The Bertz CT molecular complexity index is 527. The summed E-state index contributed by atoms with van der Waals surface area (Å²) in [6, 6.07) is 0. The number of guanidine groups is 1. The first-order valence-corrected chi connectivity index (χ1v) is 7.83. The summed E-state index contributed by atoms with van der Waals surface area (Å²) < 4.78 is 0. The average Bonchev–Trinajstić information content (AvgIpc) is 2.71. The molecule has 0 fully saturated rings. The number of nitrogens with one attached hydrogen (secondary N) is 2. The molecule has 0 aromatic carbocycles. The van der Waals surface area contributed by atoms with Crippen molar-refractivity contribution in [2.45, 2.75) is 41.2 Å². The lowest BCUT2D eigenvalue weighted by Crippen LogP contribution is -2.46. The molecule has 126 valence electrons. The predicted octanol–water partition coefficient (Wildman–Crippen LogP) is 1.94. The van der Waals surface area contributed by atoms with Crippen LogP contribution in [0, 0.1) is 19.3 Å². The molecule has 0 radical (unpaired) electrons. The molecule has 0 aliphatic heterocycles. The van der Waals surface area contributed by atoms with Gasteiger partial charge in [-0.2, -0.15) is 0 Å². The van der Waals surface area contributed by atoms with Gasteiger partial charge in [0.05, 0.1) is 22.7 Å². The summed E-state index contributed by atoms with van der Waals surface area (Å²) in [6.07, 6.45) is 0. The second kappa shape index (κ2) is 9.29. The Labute approximate surface area is 153 Å². The van der Waals surface area contributed by atoms with Crippen molar-refractivity contribution in [1.29, 1.82) is 0 Å². The van der Waals surface area contributed by atoms with Gasteiger partial charge in [0, 0.05) is 18.0 Å². The van der Waals surface area contributed by atoms with Gasteiger partial charge in [-0.05, 0) is 34.6 Å². The summed E-state index contributed by atoms with van der Waals surface area (Å²) in [7, 11) is 0. The largest absolute Gasteiger partial charge is 0.369 e. The highest BCUT2D eigenvalue weighted by atomic mass is 127. The number of amides is 1. The summed E-state index contributed by atoms with van der Waals surface area (Å²) in [5.74, 6) is 0.344. The van der Waals surface area contributed by atoms with Crippen LogP contribution in [-0.2, 0) is 11.3 Å². The average molecular weight is 439 g/mol. The number of carbonyl (C=O) groups is 1. The molecule has 8 heteroatoms. The number of nitrogens with zero attached hydrogens (tertiary/aromatic N) is 2. The smallest absolute Gasteiger partial charge is 0.224 e. The Morgan fingerprint density at radius 1 is 1.36 bits per heavy atom. The number of hydrogen-bond acceptors (Lipinski definition) is 4. The fourth-order valence-corrected chi connectivity index (χ4v) is 2.47. The first-order valence-electron chi connectivity index (χ1n) is 7.01. The maximum absolute atomic E-state index is 11.3. The third kappa shape index (κ3) is 6.47. The van der Waals surface area contributed by atoms with Gasteiger partial charge >= 0.3 is 0 Å². The number of nitrogens with two attached hydrogens (primary N) is 1. The SMILES string of the molecule is CCNC(=NCc1sc(C)nc1C)NCC(C)(C)C(N)=O.I. The van der Waals surface area contributed by atoms with Gasteiger partial charge in [-0.3, -0.25) is 4.79 Å². The van der Waals surface area contributed by atoms with Crippen LogP contribution in [0.4, 0.5) is 0 Å². The molecule has 0 unspecified atom stereocenters. The van der Waals surface area contributed by atoms with Gasteiger partial charge in [-0.1, -0.05) is 0 Å². The van der Waals surface area contributed by atoms with Crippen LogP contribution in [-0.4, -0.2) is 29.9 Å². The molecule has 0 spiro atoms. The summed E-state index contributed by atoms with van der Waals surface area (Å²) in [4.78, 5) is 21.4. The number of carbonyl (C=O) groups excluding carboxylic acids is 1. The first-order chi connectivity index (χ1) is 9.76. The minimum atomic E-state index is -0.618. The van der Waals surface area contributed by atoms with Crippen LogP contribution < -0.4 is 16.4 Å². The third-order valence-electron chi connectivity index (χ3n) is 3.09. The predicted molar refractivity (Wildman–Crippen MR) is 103 cm³/mol. The highest BCUT2D eigenvalue weighted by molar-refractivity contribution is 14.0. The Hall–Kier alpha value is -0.900. The zero-order chi connectivity index (χ0) is 16.0. The minimum Gasteiger partial charge on any atom is -0.369 e. The van der Waals surface area contributed by atoms with Crippen molar-refractivity contribution in [1.82, 2.24) is 15.6 Å². The van der Waals surface area contributed by atoms with E-state index in [0.29, 0.717) is 19.0 Å². The molecular formula is C14H26IN5OS. The number of rotatable bonds is 6. The molecule has 0 saturated heterocycles. The molecular weight excluding hydrogens is 413 g/mol. The van der Waals surface area contributed by atoms with Crippen molar-refractivity contribution in [3.8, 4) is 0 Å². The van der Waals surface area contributed by atoms with E-state index < -0.39 is 5.41 Å². The molecule has 1 amide bonds. The minimum absolute atomic E-state index is 0. The van der Waals surface area contributed by atoms with E-state index in [1.165, 1.54) is 0 Å². The number of halogens is 1. The van der Waals surface area contributed by atoms with Crippen LogP contribution in [0.1, 0.15) is 36.3 Å². The number of aryl methyl sites for hydroxylation is 2. The molecule has 1 aromatic heterocycles. The second-order valence-electron chi connectivity index (χ2n) is 5.54. The fourth-order valence-electron chi connectivity index (χ4n) is 1.60. The molecule has 1 rings (SSSR count). The summed E-state index contributed by atoms with van der Waals surface area (Å²) in [5, 5.41) is 7.37. The van der Waals surface area contributed by atoms with E-state index in [1.807, 2.05) is 34.6 Å². The van der Waals surface area contributed by atoms with Gasteiger partial charge in [0.1, 0.15) is 0 Å². The Morgan fingerprint density at radius 2 is 2.00 bits per heavy atom. The Balaban J connectivity index is 0.00000441. The number of aliphatic imine (C=N–C) groups is 1. The number of thiazole rings is 1. The zero-order valence-corrected chi connectivity index (χ0v) is 17.0. The molecule has 4 N–H and O–H groups in total. The van der Waals surface area contributed by atoms with Crippen LogP contribution in [0.2, 0.25) is 0 Å². The third-order valence-corrected chi connectivity index (χ3v) is 4.15. The summed E-state index contributed by atoms with van der Waals surface area (Å²) >= 11 is 1.66. The lowest BCUT2D eigenvalue weighted by Gasteiger charge is -2.22. The number of primary amides is 1. The van der Waals surface area contributed by atoms with Crippen LogP contribution in [0.3, 0.4) is 0 Å². The molecule has 0 saturated carbocycles. The highest BCUT2D eigenvalue weighted by Gasteiger charge is 2.24. The molecule has 0 atom stereocenters. The van der Waals surface area contributed by atoms with Crippen LogP contribution in [0.15, 0.2) is 4.99 Å². The zero-order valence-electron chi connectivity index (χ0n) is 13.8. The first kappa shape index (κ1) is 21.1. The summed E-state index contributed by atoms with van der Waals surface area (Å²) in [5.41, 5.74) is 5.78. The lowest BCUT2D eigenvalue weighted by molar-refractivity contribution is -0.125. The molecule has 0 bridgehead atoms. The van der Waals surface area contributed by atoms with Crippen LogP contribution in [0.5, 0.6) is 0 Å². The van der Waals surface area contributed by atoms with E-state index in [0.717, 1.165) is 22.1 Å². The van der Waals surface area contributed by atoms with E-state index in [4.69, 9.17) is 5.73 Å². The number of hydrogen-bond donors (Lipinski definition) is 3. The maximum atomic E-state index is 11.3. The molecule has 6 nitrogen and oxygen atoms in total. The summed E-state index contributed by atoms with van der Waals surface area (Å²) in [6.45, 7) is 11.4. The van der Waals surface area contributed by atoms with Gasteiger partial charge in [-0.15, -0.1) is 35.3 Å². The van der Waals surface area contributed by atoms with E-state index >= 15 is 0 Å². The lowest BCUT2D eigenvalue weighted by atomic mass is 9.93. The van der Waals surface area contributed by atoms with Crippen molar-refractivity contribution in [2.75, 3.05) is 13.1 Å². The topological polar surface area (TPSA) is 92.4 Å². The highest BCUT2D eigenvalue weighted by Crippen LogP contribution is 2.18. The van der Waals surface area contributed by atoms with E-state index in [1.54, 1.807) is 11.3 Å². The molecule has 0 aliphatic rings. The van der Waals surface area contributed by atoms with Crippen molar-refractivity contribution < 1.29 is 4.79 Å². The fraction of sp³-hybridized carbons (Fsp3) is 0.643. The van der Waals surface area contributed by atoms with E-state index in [2.05, 4.69) is 20.6 Å². The normalized spacial score (nSPS) is 11.8. The van der Waals surface area contributed by atoms with Gasteiger partial charge in [0.25, 0.3) is 0 Å². The van der Waals surface area contributed by atoms with Crippen molar-refractivity contribution in [2.24, 2.45) is 16.1 Å². The molecule has 22 heavy (non-hydrogen) atoms. The van der Waals surface area contributed by atoms with Gasteiger partial charge in [0.2, 0.25) is 5.91 Å². The van der Waals surface area contributed by atoms with Gasteiger partial charge in [0.15, 0.2) is 5.96 Å². The van der Waals surface area contributed by atoms with Crippen LogP contribution >= 0.6 is 35.3 Å². The quantitative estimate of drug-likeness (QED) is 0.359. The van der Waals surface area contributed by atoms with E-state index in [-0.39, 0.29) is 29.9 Å². The Kier molecular flexibility index (Phi) is 8.91. The van der Waals surface area contributed by atoms with Gasteiger partial charge < -0.3 is 16.4 Å². The maximum Gasteiger partial charge on any atom is 0.224 e. The molecule has 1 aromatic rings. The second-order valence-corrected chi connectivity index (χ2v) is 6.83. The van der Waals surface area contributed by atoms with E-state index in [9.17, 15) is 4.79 Å². The van der Waals surface area contributed by atoms with Crippen molar-refractivity contribution >= 4 is 47.2 Å². The monoisotopic (exact) mass is 439 g/mol. The standard InChI is InChI=1S/C14H25N5OS.HI/c1-6-16-13(18-8-14(4,5)12(15)20)17-7-11-9(2)19-10(3)21-11;/h6-8H2,1-5H3,(H2,15,20)(H2,16,17,18);1H. The van der Waals surface area contributed by atoms with Crippen molar-refractivity contribution in [3.05, 3.63) is 15.6 Å². The van der Waals surface area contributed by atoms with Crippen LogP contribution in [0.25, 0.3) is 0 Å².